The number of rotatable bonds is 6. The van der Waals surface area contributed by atoms with Gasteiger partial charge in [-0.1, -0.05) is 6.07 Å². The molecule has 20 heavy (non-hydrogen) atoms. The SMILES string of the molecule is CCS(=O)(=O)N(C)CC(=O)N(C)c1cccc(OC)c1. The first-order valence-corrected chi connectivity index (χ1v) is 7.77. The zero-order valence-corrected chi connectivity index (χ0v) is 13.0. The van der Waals surface area contributed by atoms with E-state index in [-0.39, 0.29) is 18.2 Å². The Morgan fingerprint density at radius 3 is 2.50 bits per heavy atom. The summed E-state index contributed by atoms with van der Waals surface area (Å²) in [5, 5.41) is 0. The molecular formula is C13H20N2O4S. The van der Waals surface area contributed by atoms with Crippen LogP contribution in [0, 0.1) is 0 Å². The van der Waals surface area contributed by atoms with Crippen LogP contribution in [0.4, 0.5) is 5.69 Å². The van der Waals surface area contributed by atoms with Crippen LogP contribution in [0.2, 0.25) is 0 Å². The number of hydrogen-bond acceptors (Lipinski definition) is 4. The second kappa shape index (κ2) is 6.71. The summed E-state index contributed by atoms with van der Waals surface area (Å²) in [6.07, 6.45) is 0. The summed E-state index contributed by atoms with van der Waals surface area (Å²) in [5.41, 5.74) is 0.650. The topological polar surface area (TPSA) is 66.9 Å². The molecule has 0 fully saturated rings. The molecule has 0 saturated heterocycles. The molecule has 1 rings (SSSR count). The maximum Gasteiger partial charge on any atom is 0.242 e. The van der Waals surface area contributed by atoms with E-state index in [2.05, 4.69) is 0 Å². The average Bonchev–Trinajstić information content (AvgIpc) is 2.46. The number of hydrogen-bond donors (Lipinski definition) is 0. The molecule has 0 aromatic heterocycles. The number of carbonyl (C=O) groups is 1. The second-order valence-electron chi connectivity index (χ2n) is 4.31. The van der Waals surface area contributed by atoms with Gasteiger partial charge in [0.2, 0.25) is 15.9 Å². The summed E-state index contributed by atoms with van der Waals surface area (Å²) in [6, 6.07) is 7.01. The molecule has 0 bridgehead atoms. The zero-order chi connectivity index (χ0) is 15.3. The quantitative estimate of drug-likeness (QED) is 0.784. The number of amides is 1. The van der Waals surface area contributed by atoms with Gasteiger partial charge in [-0.25, -0.2) is 8.42 Å². The van der Waals surface area contributed by atoms with Gasteiger partial charge in [-0.05, 0) is 19.1 Å². The number of sulfonamides is 1. The van der Waals surface area contributed by atoms with Crippen molar-refractivity contribution in [1.29, 1.82) is 0 Å². The smallest absolute Gasteiger partial charge is 0.242 e. The van der Waals surface area contributed by atoms with Crippen molar-refractivity contribution >= 4 is 21.6 Å². The number of benzene rings is 1. The van der Waals surface area contributed by atoms with Gasteiger partial charge in [-0.2, -0.15) is 4.31 Å². The van der Waals surface area contributed by atoms with E-state index in [4.69, 9.17) is 4.74 Å². The largest absolute Gasteiger partial charge is 0.497 e. The molecule has 0 N–H and O–H groups in total. The first-order valence-electron chi connectivity index (χ1n) is 6.16. The van der Waals surface area contributed by atoms with Crippen molar-refractivity contribution in [2.75, 3.05) is 38.4 Å². The molecule has 0 radical (unpaired) electrons. The summed E-state index contributed by atoms with van der Waals surface area (Å²) in [4.78, 5) is 13.5. The maximum absolute atomic E-state index is 12.1. The van der Waals surface area contributed by atoms with Crippen molar-refractivity contribution in [2.45, 2.75) is 6.92 Å². The van der Waals surface area contributed by atoms with Crippen LogP contribution in [0.3, 0.4) is 0 Å². The van der Waals surface area contributed by atoms with Crippen LogP contribution in [-0.2, 0) is 14.8 Å². The van der Waals surface area contributed by atoms with Gasteiger partial charge in [-0.15, -0.1) is 0 Å². The molecule has 7 heteroatoms. The molecule has 0 aliphatic rings. The molecule has 1 amide bonds. The van der Waals surface area contributed by atoms with Crippen LogP contribution >= 0.6 is 0 Å². The van der Waals surface area contributed by atoms with Crippen LogP contribution in [0.5, 0.6) is 5.75 Å². The molecule has 0 unspecified atom stereocenters. The normalized spacial score (nSPS) is 11.4. The monoisotopic (exact) mass is 300 g/mol. The molecule has 6 nitrogen and oxygen atoms in total. The third kappa shape index (κ3) is 3.94. The number of methoxy groups -OCH3 is 1. The standard InChI is InChI=1S/C13H20N2O4S/c1-5-20(17,18)14(2)10-13(16)15(3)11-7-6-8-12(9-11)19-4/h6-9H,5,10H2,1-4H3. The fourth-order valence-electron chi connectivity index (χ4n) is 1.58. The van der Waals surface area contributed by atoms with E-state index < -0.39 is 10.0 Å². The van der Waals surface area contributed by atoms with Gasteiger partial charge >= 0.3 is 0 Å². The van der Waals surface area contributed by atoms with Crippen molar-refractivity contribution in [3.8, 4) is 5.75 Å². The van der Waals surface area contributed by atoms with E-state index in [1.54, 1.807) is 45.3 Å². The molecule has 1 aromatic rings. The van der Waals surface area contributed by atoms with Gasteiger partial charge in [0.15, 0.2) is 0 Å². The Hall–Kier alpha value is -1.60. The molecule has 0 spiro atoms. The van der Waals surface area contributed by atoms with Crippen LogP contribution in [0.15, 0.2) is 24.3 Å². The Morgan fingerprint density at radius 1 is 1.30 bits per heavy atom. The molecule has 0 aliphatic heterocycles. The molecule has 0 heterocycles. The number of likely N-dealkylation sites (N-methyl/N-ethyl adjacent to an activating group) is 2. The highest BCUT2D eigenvalue weighted by molar-refractivity contribution is 7.89. The van der Waals surface area contributed by atoms with E-state index in [0.717, 1.165) is 4.31 Å². The lowest BCUT2D eigenvalue weighted by atomic mass is 10.2. The number of nitrogens with zero attached hydrogens (tertiary/aromatic N) is 2. The van der Waals surface area contributed by atoms with E-state index in [0.29, 0.717) is 11.4 Å². The number of ether oxygens (including phenoxy) is 1. The van der Waals surface area contributed by atoms with Crippen LogP contribution < -0.4 is 9.64 Å². The van der Waals surface area contributed by atoms with Crippen molar-refractivity contribution in [3.05, 3.63) is 24.3 Å². The fourth-order valence-corrected chi connectivity index (χ4v) is 2.33. The average molecular weight is 300 g/mol. The van der Waals surface area contributed by atoms with Crippen LogP contribution in [0.25, 0.3) is 0 Å². The highest BCUT2D eigenvalue weighted by Gasteiger charge is 2.21. The predicted molar refractivity (Wildman–Crippen MR) is 78.5 cm³/mol. The van der Waals surface area contributed by atoms with Gasteiger partial charge in [0, 0.05) is 25.8 Å². The van der Waals surface area contributed by atoms with Gasteiger partial charge in [0.05, 0.1) is 19.4 Å². The van der Waals surface area contributed by atoms with E-state index in [1.165, 1.54) is 11.9 Å². The first-order chi connectivity index (χ1) is 9.31. The molecule has 112 valence electrons. The summed E-state index contributed by atoms with van der Waals surface area (Å²) < 4.78 is 29.4. The zero-order valence-electron chi connectivity index (χ0n) is 12.2. The minimum atomic E-state index is -3.36. The fraction of sp³-hybridized carbons (Fsp3) is 0.462. The summed E-state index contributed by atoms with van der Waals surface area (Å²) in [7, 11) is 1.18. The lowest BCUT2D eigenvalue weighted by Crippen LogP contribution is -2.40. The Balaban J connectivity index is 2.81. The van der Waals surface area contributed by atoms with Crippen LogP contribution in [-0.4, -0.2) is 52.1 Å². The van der Waals surface area contributed by atoms with Gasteiger partial charge in [0.25, 0.3) is 0 Å². The highest BCUT2D eigenvalue weighted by atomic mass is 32.2. The molecule has 0 saturated carbocycles. The third-order valence-electron chi connectivity index (χ3n) is 3.01. The van der Waals surface area contributed by atoms with Crippen molar-refractivity contribution in [1.82, 2.24) is 4.31 Å². The van der Waals surface area contributed by atoms with Crippen LogP contribution in [0.1, 0.15) is 6.92 Å². The Kier molecular flexibility index (Phi) is 5.52. The van der Waals surface area contributed by atoms with Crippen molar-refractivity contribution in [3.63, 3.8) is 0 Å². The first kappa shape index (κ1) is 16.5. The third-order valence-corrected chi connectivity index (χ3v) is 4.82. The summed E-state index contributed by atoms with van der Waals surface area (Å²) in [6.45, 7) is 1.35. The Bertz CT molecular complexity index is 571. The van der Waals surface area contributed by atoms with E-state index in [9.17, 15) is 13.2 Å². The maximum atomic E-state index is 12.1. The molecular weight excluding hydrogens is 280 g/mol. The van der Waals surface area contributed by atoms with E-state index >= 15 is 0 Å². The summed E-state index contributed by atoms with van der Waals surface area (Å²) >= 11 is 0. The second-order valence-corrected chi connectivity index (χ2v) is 6.68. The Morgan fingerprint density at radius 2 is 1.95 bits per heavy atom. The number of anilines is 1. The molecule has 0 atom stereocenters. The van der Waals surface area contributed by atoms with Gasteiger partial charge in [-0.3, -0.25) is 4.79 Å². The summed E-state index contributed by atoms with van der Waals surface area (Å²) in [5.74, 6) is 0.300. The number of carbonyl (C=O) groups excluding carboxylic acids is 1. The van der Waals surface area contributed by atoms with Crippen molar-refractivity contribution < 1.29 is 17.9 Å². The molecule has 0 aliphatic carbocycles. The van der Waals surface area contributed by atoms with Crippen molar-refractivity contribution in [2.24, 2.45) is 0 Å². The Labute approximate surface area is 120 Å². The van der Waals surface area contributed by atoms with Gasteiger partial charge < -0.3 is 9.64 Å². The minimum Gasteiger partial charge on any atom is -0.497 e. The minimum absolute atomic E-state index is 0.0281. The predicted octanol–water partition coefficient (Wildman–Crippen LogP) is 0.939. The lowest BCUT2D eigenvalue weighted by Gasteiger charge is -2.21. The molecule has 1 aromatic carbocycles. The highest BCUT2D eigenvalue weighted by Crippen LogP contribution is 2.20. The lowest BCUT2D eigenvalue weighted by molar-refractivity contribution is -0.118. The van der Waals surface area contributed by atoms with Gasteiger partial charge in [0.1, 0.15) is 5.75 Å². The van der Waals surface area contributed by atoms with E-state index in [1.807, 2.05) is 0 Å².